The monoisotopic (exact) mass is 516 g/mol. The van der Waals surface area contributed by atoms with Crippen LogP contribution in [0.3, 0.4) is 0 Å². The van der Waals surface area contributed by atoms with Gasteiger partial charge in [-0.3, -0.25) is 28.9 Å². The third kappa shape index (κ3) is 4.76. The molecule has 0 radical (unpaired) electrons. The molecule has 3 aromatic rings. The topological polar surface area (TPSA) is 91.6 Å². The highest BCUT2D eigenvalue weighted by Crippen LogP contribution is 2.29. The molecule has 0 saturated carbocycles. The summed E-state index contributed by atoms with van der Waals surface area (Å²) >= 11 is 0. The smallest absolute Gasteiger partial charge is 0.329 e. The highest BCUT2D eigenvalue weighted by Gasteiger charge is 2.31. The Kier molecular flexibility index (Phi) is 6.80. The van der Waals surface area contributed by atoms with E-state index in [2.05, 4.69) is 44.7 Å². The number of hydrogen-bond acceptors (Lipinski definition) is 6. The zero-order chi connectivity index (χ0) is 26.2. The zero-order valence-corrected chi connectivity index (χ0v) is 22.0. The summed E-state index contributed by atoms with van der Waals surface area (Å²) in [5, 5.41) is 5.82. The third-order valence-corrected chi connectivity index (χ3v) is 8.52. The minimum absolute atomic E-state index is 0.233. The lowest BCUT2D eigenvalue weighted by atomic mass is 9.97. The number of aryl methyl sites for hydroxylation is 1. The normalized spacial score (nSPS) is 21.7. The number of piperidine rings is 2. The van der Waals surface area contributed by atoms with Crippen LogP contribution in [0.4, 0.5) is 5.69 Å². The van der Waals surface area contributed by atoms with Crippen LogP contribution in [0.15, 0.2) is 47.3 Å². The summed E-state index contributed by atoms with van der Waals surface area (Å²) in [6.07, 6.45) is 3.16. The number of nitrogens with zero attached hydrogens (tertiary/aromatic N) is 4. The molecule has 3 saturated heterocycles. The van der Waals surface area contributed by atoms with Gasteiger partial charge < -0.3 is 10.2 Å². The molecule has 1 unspecified atom stereocenters. The molecule has 4 heterocycles. The van der Waals surface area contributed by atoms with Crippen LogP contribution in [0.2, 0.25) is 0 Å². The van der Waals surface area contributed by atoms with E-state index in [0.717, 1.165) is 61.8 Å². The minimum atomic E-state index is -0.672. The summed E-state index contributed by atoms with van der Waals surface area (Å²) in [7, 11) is 1.73. The van der Waals surface area contributed by atoms with Gasteiger partial charge in [0.1, 0.15) is 6.04 Å². The molecule has 1 aromatic heterocycles. The highest BCUT2D eigenvalue weighted by molar-refractivity contribution is 6.00. The summed E-state index contributed by atoms with van der Waals surface area (Å²) in [5.41, 5.74) is 4.57. The predicted molar refractivity (Wildman–Crippen MR) is 148 cm³/mol. The molecule has 0 bridgehead atoms. The summed E-state index contributed by atoms with van der Waals surface area (Å²) in [5.74, 6) is 0.131. The fourth-order valence-corrected chi connectivity index (χ4v) is 6.26. The van der Waals surface area contributed by atoms with Crippen molar-refractivity contribution in [2.75, 3.05) is 50.7 Å². The van der Waals surface area contributed by atoms with Gasteiger partial charge in [-0.15, -0.1) is 0 Å². The van der Waals surface area contributed by atoms with E-state index in [1.807, 2.05) is 18.2 Å². The van der Waals surface area contributed by atoms with Gasteiger partial charge in [-0.05, 0) is 73.7 Å². The van der Waals surface area contributed by atoms with Gasteiger partial charge >= 0.3 is 5.69 Å². The van der Waals surface area contributed by atoms with Gasteiger partial charge in [0.05, 0.1) is 11.0 Å². The number of carbonyl (C=O) groups is 2. The van der Waals surface area contributed by atoms with Crippen LogP contribution in [-0.2, 0) is 16.6 Å². The third-order valence-electron chi connectivity index (χ3n) is 8.52. The van der Waals surface area contributed by atoms with Crippen molar-refractivity contribution in [3.05, 3.63) is 52.9 Å². The van der Waals surface area contributed by atoms with E-state index in [0.29, 0.717) is 11.9 Å². The number of fused-ring (bicyclic) bond motifs is 1. The lowest BCUT2D eigenvalue weighted by molar-refractivity contribution is -0.135. The van der Waals surface area contributed by atoms with Crippen molar-refractivity contribution in [1.82, 2.24) is 24.7 Å². The van der Waals surface area contributed by atoms with Crippen molar-refractivity contribution in [3.63, 3.8) is 0 Å². The van der Waals surface area contributed by atoms with Crippen LogP contribution in [0, 0.1) is 5.92 Å². The van der Waals surface area contributed by atoms with Crippen molar-refractivity contribution in [2.24, 2.45) is 13.0 Å². The van der Waals surface area contributed by atoms with E-state index in [1.165, 1.54) is 29.6 Å². The minimum Gasteiger partial charge on any atom is -0.369 e. The number of benzene rings is 2. The van der Waals surface area contributed by atoms with E-state index in [1.54, 1.807) is 11.6 Å². The van der Waals surface area contributed by atoms with Gasteiger partial charge in [-0.2, -0.15) is 0 Å². The Morgan fingerprint density at radius 3 is 2.26 bits per heavy atom. The molecule has 2 N–H and O–H groups in total. The highest BCUT2D eigenvalue weighted by atomic mass is 16.2. The van der Waals surface area contributed by atoms with Gasteiger partial charge in [-0.25, -0.2) is 4.79 Å². The van der Waals surface area contributed by atoms with Gasteiger partial charge in [0, 0.05) is 51.9 Å². The summed E-state index contributed by atoms with van der Waals surface area (Å²) in [4.78, 5) is 42.2. The second-order valence-electron chi connectivity index (χ2n) is 10.9. The van der Waals surface area contributed by atoms with E-state index in [-0.39, 0.29) is 18.0 Å². The molecule has 200 valence electrons. The molecule has 0 aliphatic carbocycles. The Hall–Kier alpha value is -3.43. The van der Waals surface area contributed by atoms with Crippen LogP contribution in [0.1, 0.15) is 31.7 Å². The lowest BCUT2D eigenvalue weighted by Gasteiger charge is -2.38. The number of nitrogens with one attached hydrogen (secondary N) is 2. The first-order valence-electron chi connectivity index (χ1n) is 13.8. The number of anilines is 1. The van der Waals surface area contributed by atoms with Crippen molar-refractivity contribution in [2.45, 2.75) is 31.7 Å². The summed E-state index contributed by atoms with van der Waals surface area (Å²) in [6.45, 7) is 7.86. The number of imidazole rings is 1. The Bertz CT molecular complexity index is 1390. The first-order valence-corrected chi connectivity index (χ1v) is 13.8. The number of hydrogen-bond donors (Lipinski definition) is 2. The molecule has 3 fully saturated rings. The maximum Gasteiger partial charge on any atom is 0.329 e. The number of aromatic nitrogens is 2. The number of rotatable bonds is 5. The molecule has 1 atom stereocenters. The maximum absolute atomic E-state index is 13.1. The Morgan fingerprint density at radius 2 is 1.55 bits per heavy atom. The molecule has 0 spiro atoms. The summed E-state index contributed by atoms with van der Waals surface area (Å²) in [6, 6.07) is 13.9. The largest absolute Gasteiger partial charge is 0.369 e. The molecule has 3 aliphatic rings. The second kappa shape index (κ2) is 10.4. The van der Waals surface area contributed by atoms with Gasteiger partial charge in [0.15, 0.2) is 0 Å². The van der Waals surface area contributed by atoms with Crippen LogP contribution in [0.5, 0.6) is 0 Å². The zero-order valence-electron chi connectivity index (χ0n) is 22.0. The average molecular weight is 517 g/mol. The molecule has 6 rings (SSSR count). The number of carbonyl (C=O) groups excluding carboxylic acids is 2. The van der Waals surface area contributed by atoms with Crippen molar-refractivity contribution < 1.29 is 9.59 Å². The van der Waals surface area contributed by atoms with Crippen molar-refractivity contribution in [1.29, 1.82) is 0 Å². The quantitative estimate of drug-likeness (QED) is 0.505. The molecular formula is C29H36N6O3. The first-order chi connectivity index (χ1) is 18.5. The van der Waals surface area contributed by atoms with Crippen LogP contribution in [0.25, 0.3) is 22.2 Å². The fraction of sp³-hybridized carbons (Fsp3) is 0.483. The average Bonchev–Trinajstić information content (AvgIpc) is 3.19. The summed E-state index contributed by atoms with van der Waals surface area (Å²) < 4.78 is 3.11. The second-order valence-corrected chi connectivity index (χ2v) is 10.9. The Balaban J connectivity index is 1.16. The fourth-order valence-electron chi connectivity index (χ4n) is 6.26. The molecule has 9 nitrogen and oxygen atoms in total. The standard InChI is InChI=1S/C29H36N6O3/c1-32-26-18-22(4-7-24(26)35(29(32)38)25-8-9-27(36)31-28(25)37)21-2-5-23(6-3-21)34-16-14-33(15-17-34)19-20-10-12-30-13-11-20/h2-7,18,20,25,30H,8-17,19H2,1H3,(H,31,36,37). The molecule has 2 aromatic carbocycles. The SMILES string of the molecule is Cn1c(=O)n(C2CCC(=O)NC2=O)c2ccc(-c3ccc(N4CCN(CC5CCNCC5)CC4)cc3)cc21. The molecule has 38 heavy (non-hydrogen) atoms. The number of imide groups is 1. The van der Waals surface area contributed by atoms with Crippen LogP contribution >= 0.6 is 0 Å². The maximum atomic E-state index is 13.1. The van der Waals surface area contributed by atoms with Crippen LogP contribution < -0.4 is 21.2 Å². The van der Waals surface area contributed by atoms with E-state index in [9.17, 15) is 14.4 Å². The molecule has 3 aliphatic heterocycles. The molecule has 2 amide bonds. The van der Waals surface area contributed by atoms with Gasteiger partial charge in [0.2, 0.25) is 11.8 Å². The lowest BCUT2D eigenvalue weighted by Crippen LogP contribution is -2.48. The Labute approximate surface area is 222 Å². The first kappa shape index (κ1) is 24.9. The number of piperazine rings is 1. The molecular weight excluding hydrogens is 480 g/mol. The van der Waals surface area contributed by atoms with Gasteiger partial charge in [0.25, 0.3) is 0 Å². The Morgan fingerprint density at radius 1 is 0.842 bits per heavy atom. The van der Waals surface area contributed by atoms with Crippen molar-refractivity contribution >= 4 is 28.5 Å². The van der Waals surface area contributed by atoms with Gasteiger partial charge in [-0.1, -0.05) is 18.2 Å². The van der Waals surface area contributed by atoms with E-state index in [4.69, 9.17) is 0 Å². The number of amides is 2. The van der Waals surface area contributed by atoms with E-state index >= 15 is 0 Å². The van der Waals surface area contributed by atoms with Crippen LogP contribution in [-0.4, -0.2) is 71.7 Å². The predicted octanol–water partition coefficient (Wildman–Crippen LogP) is 2.11. The molecule has 9 heteroatoms. The van der Waals surface area contributed by atoms with Crippen molar-refractivity contribution in [3.8, 4) is 11.1 Å². The van der Waals surface area contributed by atoms with E-state index < -0.39 is 11.9 Å².